The number of ether oxygens (including phenoxy) is 2. The second-order valence-electron chi connectivity index (χ2n) is 6.63. The molecule has 6 heteroatoms. The van der Waals surface area contributed by atoms with Crippen molar-refractivity contribution in [3.63, 3.8) is 0 Å². The van der Waals surface area contributed by atoms with E-state index in [1.165, 1.54) is 0 Å². The van der Waals surface area contributed by atoms with E-state index in [0.717, 1.165) is 29.5 Å². The summed E-state index contributed by atoms with van der Waals surface area (Å²) in [4.78, 5) is 0.347. The van der Waals surface area contributed by atoms with Crippen LogP contribution in [-0.4, -0.2) is 33.5 Å². The molecule has 1 heterocycles. The topological polar surface area (TPSA) is 55.8 Å². The van der Waals surface area contributed by atoms with Crippen LogP contribution in [0.2, 0.25) is 0 Å². The highest BCUT2D eigenvalue weighted by molar-refractivity contribution is 7.89. The quantitative estimate of drug-likeness (QED) is 0.797. The van der Waals surface area contributed by atoms with Crippen LogP contribution in [0.1, 0.15) is 35.6 Å². The van der Waals surface area contributed by atoms with Crippen LogP contribution in [0.25, 0.3) is 0 Å². The smallest absolute Gasteiger partial charge is 0.243 e. The summed E-state index contributed by atoms with van der Waals surface area (Å²) in [6.45, 7) is 4.42. The highest BCUT2D eigenvalue weighted by Crippen LogP contribution is 2.41. The molecular formula is C20H25NO4S. The molecule has 5 nitrogen and oxygen atoms in total. The van der Waals surface area contributed by atoms with E-state index in [1.807, 2.05) is 32.0 Å². The van der Waals surface area contributed by atoms with Crippen LogP contribution in [0.4, 0.5) is 0 Å². The molecule has 0 spiro atoms. The van der Waals surface area contributed by atoms with Crippen molar-refractivity contribution < 1.29 is 17.9 Å². The molecule has 26 heavy (non-hydrogen) atoms. The number of sulfonamides is 1. The average molecular weight is 375 g/mol. The van der Waals surface area contributed by atoms with Crippen molar-refractivity contribution in [3.8, 4) is 11.5 Å². The molecule has 0 N–H and O–H groups in total. The van der Waals surface area contributed by atoms with E-state index >= 15 is 0 Å². The molecule has 1 atom stereocenters. The van der Waals surface area contributed by atoms with E-state index in [1.54, 1.807) is 36.7 Å². The van der Waals surface area contributed by atoms with Gasteiger partial charge >= 0.3 is 0 Å². The first-order valence-electron chi connectivity index (χ1n) is 8.69. The Kier molecular flexibility index (Phi) is 5.25. The number of hydrogen-bond acceptors (Lipinski definition) is 4. The van der Waals surface area contributed by atoms with E-state index in [2.05, 4.69) is 0 Å². The van der Waals surface area contributed by atoms with Crippen LogP contribution in [0.3, 0.4) is 0 Å². The summed E-state index contributed by atoms with van der Waals surface area (Å²) in [5, 5.41) is 0. The Labute approximate surface area is 155 Å². The lowest BCUT2D eigenvalue weighted by Crippen LogP contribution is -2.31. The van der Waals surface area contributed by atoms with E-state index in [4.69, 9.17) is 9.47 Å². The van der Waals surface area contributed by atoms with E-state index < -0.39 is 10.0 Å². The molecule has 1 aliphatic rings. The van der Waals surface area contributed by atoms with E-state index in [-0.39, 0.29) is 6.04 Å². The van der Waals surface area contributed by atoms with Crippen LogP contribution in [-0.2, 0) is 10.0 Å². The van der Waals surface area contributed by atoms with Gasteiger partial charge in [0.2, 0.25) is 10.0 Å². The van der Waals surface area contributed by atoms with Gasteiger partial charge in [0.25, 0.3) is 0 Å². The fourth-order valence-corrected chi connectivity index (χ4v) is 5.20. The zero-order valence-electron chi connectivity index (χ0n) is 15.7. The lowest BCUT2D eigenvalue weighted by atomic mass is 10.0. The van der Waals surface area contributed by atoms with Crippen molar-refractivity contribution in [2.75, 3.05) is 20.8 Å². The van der Waals surface area contributed by atoms with Gasteiger partial charge in [-0.1, -0.05) is 12.1 Å². The molecule has 1 fully saturated rings. The van der Waals surface area contributed by atoms with Gasteiger partial charge in [-0.15, -0.1) is 0 Å². The summed E-state index contributed by atoms with van der Waals surface area (Å²) in [6.07, 6.45) is 1.59. The maximum absolute atomic E-state index is 13.3. The fourth-order valence-electron chi connectivity index (χ4n) is 3.44. The first-order valence-corrected chi connectivity index (χ1v) is 10.1. The van der Waals surface area contributed by atoms with Crippen molar-refractivity contribution >= 4 is 10.0 Å². The molecule has 0 aliphatic carbocycles. The van der Waals surface area contributed by atoms with E-state index in [0.29, 0.717) is 22.9 Å². The standard InChI is InChI=1S/C20H25NO4S/c1-14-7-9-17(12-15(14)2)26(22,23)21-11-5-6-19(21)18-10-8-16(24-3)13-20(18)25-4/h7-10,12-13,19H,5-6,11H2,1-4H3/t19-/m0/s1. The van der Waals surface area contributed by atoms with Gasteiger partial charge in [-0.3, -0.25) is 0 Å². The van der Waals surface area contributed by atoms with Gasteiger partial charge in [0.05, 0.1) is 25.2 Å². The number of rotatable bonds is 5. The predicted molar refractivity (Wildman–Crippen MR) is 101 cm³/mol. The summed E-state index contributed by atoms with van der Waals surface area (Å²) < 4.78 is 38.9. The van der Waals surface area contributed by atoms with Crippen LogP contribution in [0.15, 0.2) is 41.3 Å². The third kappa shape index (κ3) is 3.31. The molecule has 1 aliphatic heterocycles. The van der Waals surface area contributed by atoms with Crippen molar-refractivity contribution in [1.82, 2.24) is 4.31 Å². The average Bonchev–Trinajstić information content (AvgIpc) is 3.13. The Morgan fingerprint density at radius 2 is 1.77 bits per heavy atom. The molecule has 0 saturated carbocycles. The minimum Gasteiger partial charge on any atom is -0.497 e. The molecule has 0 aromatic heterocycles. The predicted octanol–water partition coefficient (Wildman–Crippen LogP) is 3.85. The number of methoxy groups -OCH3 is 2. The van der Waals surface area contributed by atoms with Gasteiger partial charge in [-0.25, -0.2) is 8.42 Å². The van der Waals surface area contributed by atoms with Crippen molar-refractivity contribution in [2.45, 2.75) is 37.6 Å². The van der Waals surface area contributed by atoms with Crippen molar-refractivity contribution in [2.24, 2.45) is 0 Å². The Balaban J connectivity index is 2.01. The fraction of sp³-hybridized carbons (Fsp3) is 0.400. The third-order valence-electron chi connectivity index (χ3n) is 5.09. The zero-order chi connectivity index (χ0) is 18.9. The number of nitrogens with zero attached hydrogens (tertiary/aromatic N) is 1. The Hall–Kier alpha value is -2.05. The molecule has 0 unspecified atom stereocenters. The summed E-state index contributed by atoms with van der Waals surface area (Å²) in [6, 6.07) is 10.6. The SMILES string of the molecule is COc1ccc([C@@H]2CCCN2S(=O)(=O)c2ccc(C)c(C)c2)c(OC)c1. The molecule has 0 bridgehead atoms. The summed E-state index contributed by atoms with van der Waals surface area (Å²) in [5.74, 6) is 1.34. The molecule has 3 rings (SSSR count). The molecule has 2 aromatic rings. The minimum atomic E-state index is -3.57. The second kappa shape index (κ2) is 7.29. The Bertz CT molecular complexity index is 908. The normalized spacial score (nSPS) is 18.1. The van der Waals surface area contributed by atoms with Gasteiger partial charge in [-0.2, -0.15) is 4.31 Å². The number of aryl methyl sites for hydroxylation is 2. The van der Waals surface area contributed by atoms with Crippen LogP contribution >= 0.6 is 0 Å². The highest BCUT2D eigenvalue weighted by atomic mass is 32.2. The highest BCUT2D eigenvalue weighted by Gasteiger charge is 2.37. The van der Waals surface area contributed by atoms with Crippen molar-refractivity contribution in [3.05, 3.63) is 53.1 Å². The minimum absolute atomic E-state index is 0.234. The maximum atomic E-state index is 13.3. The maximum Gasteiger partial charge on any atom is 0.243 e. The lowest BCUT2D eigenvalue weighted by molar-refractivity contribution is 0.361. The first kappa shape index (κ1) is 18.7. The van der Waals surface area contributed by atoms with Crippen molar-refractivity contribution in [1.29, 1.82) is 0 Å². The van der Waals surface area contributed by atoms with Gasteiger partial charge in [-0.05, 0) is 56.0 Å². The number of benzene rings is 2. The van der Waals surface area contributed by atoms with Crippen LogP contribution < -0.4 is 9.47 Å². The third-order valence-corrected chi connectivity index (χ3v) is 6.99. The largest absolute Gasteiger partial charge is 0.497 e. The molecule has 2 aromatic carbocycles. The molecule has 0 radical (unpaired) electrons. The Morgan fingerprint density at radius 1 is 1.00 bits per heavy atom. The van der Waals surface area contributed by atoms with Crippen LogP contribution in [0, 0.1) is 13.8 Å². The number of hydrogen-bond donors (Lipinski definition) is 0. The van der Waals surface area contributed by atoms with Gasteiger partial charge in [0.1, 0.15) is 11.5 Å². The van der Waals surface area contributed by atoms with Gasteiger partial charge in [0.15, 0.2) is 0 Å². The monoisotopic (exact) mass is 375 g/mol. The van der Waals surface area contributed by atoms with E-state index in [9.17, 15) is 8.42 Å². The van der Waals surface area contributed by atoms with Gasteiger partial charge < -0.3 is 9.47 Å². The molecule has 1 saturated heterocycles. The van der Waals surface area contributed by atoms with Gasteiger partial charge in [0, 0.05) is 18.2 Å². The Morgan fingerprint density at radius 3 is 2.42 bits per heavy atom. The molecule has 140 valence electrons. The lowest BCUT2D eigenvalue weighted by Gasteiger charge is -2.26. The first-order chi connectivity index (χ1) is 12.4. The summed E-state index contributed by atoms with van der Waals surface area (Å²) >= 11 is 0. The van der Waals surface area contributed by atoms with Crippen LogP contribution in [0.5, 0.6) is 11.5 Å². The molecule has 0 amide bonds. The molecular weight excluding hydrogens is 350 g/mol. The zero-order valence-corrected chi connectivity index (χ0v) is 16.5. The summed E-state index contributed by atoms with van der Waals surface area (Å²) in [5.41, 5.74) is 2.93. The second-order valence-corrected chi connectivity index (χ2v) is 8.52. The summed E-state index contributed by atoms with van der Waals surface area (Å²) in [7, 11) is -0.379.